The van der Waals surface area contributed by atoms with Gasteiger partial charge in [-0.25, -0.2) is 0 Å². The van der Waals surface area contributed by atoms with E-state index in [1.165, 1.54) is 0 Å². The topological polar surface area (TPSA) is 50.9 Å². The summed E-state index contributed by atoms with van der Waals surface area (Å²) in [6.45, 7) is 0. The zero-order valence-electron chi connectivity index (χ0n) is 7.41. The summed E-state index contributed by atoms with van der Waals surface area (Å²) in [5.41, 5.74) is 8.39. The van der Waals surface area contributed by atoms with Crippen LogP contribution in [0.4, 0.5) is 11.4 Å². The fourth-order valence-corrected chi connectivity index (χ4v) is 1.41. The Morgan fingerprint density at radius 3 is 3.00 bits per heavy atom. The molecule has 3 heteroatoms. The molecule has 0 spiro atoms. The molecule has 2 aromatic rings. The summed E-state index contributed by atoms with van der Waals surface area (Å²) in [6.07, 6.45) is 1.77. The van der Waals surface area contributed by atoms with Crippen molar-refractivity contribution >= 4 is 22.3 Å². The van der Waals surface area contributed by atoms with Crippen molar-refractivity contribution in [1.29, 1.82) is 0 Å². The summed E-state index contributed by atoms with van der Waals surface area (Å²) in [5.74, 6) is 0. The number of rotatable bonds is 1. The monoisotopic (exact) mass is 173 g/mol. The summed E-state index contributed by atoms with van der Waals surface area (Å²) in [4.78, 5) is 4.23. The molecule has 0 fully saturated rings. The molecule has 0 radical (unpaired) electrons. The van der Waals surface area contributed by atoms with Crippen LogP contribution in [0.3, 0.4) is 0 Å². The Bertz CT molecular complexity index is 437. The Kier molecular flexibility index (Phi) is 1.77. The molecule has 0 atom stereocenters. The normalized spacial score (nSPS) is 10.2. The van der Waals surface area contributed by atoms with E-state index in [0.29, 0.717) is 0 Å². The molecule has 0 unspecified atom stereocenters. The summed E-state index contributed by atoms with van der Waals surface area (Å²) in [5, 5.41) is 4.19. The number of hydrogen-bond donors (Lipinski definition) is 2. The molecular weight excluding hydrogens is 162 g/mol. The second kappa shape index (κ2) is 2.94. The maximum Gasteiger partial charge on any atom is 0.0743 e. The maximum atomic E-state index is 5.72. The molecule has 0 aliphatic heterocycles. The Balaban J connectivity index is 2.81. The molecule has 3 nitrogen and oxygen atoms in total. The van der Waals surface area contributed by atoms with Crippen LogP contribution < -0.4 is 11.1 Å². The molecule has 1 aromatic heterocycles. The Hall–Kier alpha value is -1.77. The molecule has 66 valence electrons. The zero-order valence-corrected chi connectivity index (χ0v) is 7.41. The highest BCUT2D eigenvalue weighted by molar-refractivity contribution is 5.93. The van der Waals surface area contributed by atoms with E-state index in [0.717, 1.165) is 22.3 Å². The van der Waals surface area contributed by atoms with Crippen LogP contribution in [0.25, 0.3) is 10.9 Å². The second-order valence-electron chi connectivity index (χ2n) is 2.89. The summed E-state index contributed by atoms with van der Waals surface area (Å²) in [7, 11) is 1.88. The van der Waals surface area contributed by atoms with E-state index in [1.807, 2.05) is 31.3 Å². The van der Waals surface area contributed by atoms with E-state index >= 15 is 0 Å². The van der Waals surface area contributed by atoms with Crippen molar-refractivity contribution in [2.75, 3.05) is 18.1 Å². The number of nitrogens with two attached hydrogens (primary N) is 1. The number of fused-ring (bicyclic) bond motifs is 1. The SMILES string of the molecule is CNc1cc(N)cc2ncccc12. The average molecular weight is 173 g/mol. The molecule has 0 bridgehead atoms. The van der Waals surface area contributed by atoms with E-state index in [1.54, 1.807) is 6.20 Å². The van der Waals surface area contributed by atoms with Gasteiger partial charge >= 0.3 is 0 Å². The molecule has 3 N–H and O–H groups in total. The molecule has 0 aliphatic carbocycles. The van der Waals surface area contributed by atoms with E-state index < -0.39 is 0 Å². The number of benzene rings is 1. The number of pyridine rings is 1. The molecular formula is C10H11N3. The summed E-state index contributed by atoms with van der Waals surface area (Å²) >= 11 is 0. The van der Waals surface area contributed by atoms with Gasteiger partial charge in [0.15, 0.2) is 0 Å². The predicted octanol–water partition coefficient (Wildman–Crippen LogP) is 1.86. The number of nitrogen functional groups attached to an aromatic ring is 1. The van der Waals surface area contributed by atoms with Gasteiger partial charge in [0.1, 0.15) is 0 Å². The average Bonchev–Trinajstić information content (AvgIpc) is 2.16. The predicted molar refractivity (Wildman–Crippen MR) is 55.7 cm³/mol. The minimum absolute atomic E-state index is 0.732. The van der Waals surface area contributed by atoms with E-state index in [-0.39, 0.29) is 0 Å². The first-order valence-corrected chi connectivity index (χ1v) is 4.13. The first-order valence-electron chi connectivity index (χ1n) is 4.13. The molecule has 0 saturated heterocycles. The van der Waals surface area contributed by atoms with Crippen molar-refractivity contribution in [1.82, 2.24) is 4.98 Å². The summed E-state index contributed by atoms with van der Waals surface area (Å²) in [6, 6.07) is 7.72. The van der Waals surface area contributed by atoms with Gasteiger partial charge in [-0.05, 0) is 24.3 Å². The second-order valence-corrected chi connectivity index (χ2v) is 2.89. The van der Waals surface area contributed by atoms with E-state index in [4.69, 9.17) is 5.73 Å². The molecule has 0 saturated carbocycles. The van der Waals surface area contributed by atoms with Gasteiger partial charge in [-0.1, -0.05) is 0 Å². The number of nitrogens with zero attached hydrogens (tertiary/aromatic N) is 1. The lowest BCUT2D eigenvalue weighted by molar-refractivity contribution is 1.41. The van der Waals surface area contributed by atoms with Crippen molar-refractivity contribution in [2.24, 2.45) is 0 Å². The van der Waals surface area contributed by atoms with Gasteiger partial charge in [0.25, 0.3) is 0 Å². The zero-order chi connectivity index (χ0) is 9.26. The van der Waals surface area contributed by atoms with Gasteiger partial charge in [0.05, 0.1) is 5.52 Å². The molecule has 13 heavy (non-hydrogen) atoms. The largest absolute Gasteiger partial charge is 0.399 e. The van der Waals surface area contributed by atoms with Crippen molar-refractivity contribution in [3.63, 3.8) is 0 Å². The lowest BCUT2D eigenvalue weighted by Crippen LogP contribution is -1.93. The minimum Gasteiger partial charge on any atom is -0.399 e. The van der Waals surface area contributed by atoms with Crippen molar-refractivity contribution < 1.29 is 0 Å². The third kappa shape index (κ3) is 1.28. The van der Waals surface area contributed by atoms with Gasteiger partial charge < -0.3 is 11.1 Å². The first kappa shape index (κ1) is 7.86. The highest BCUT2D eigenvalue weighted by Crippen LogP contribution is 2.24. The molecule has 2 rings (SSSR count). The fourth-order valence-electron chi connectivity index (χ4n) is 1.41. The van der Waals surface area contributed by atoms with Crippen molar-refractivity contribution in [2.45, 2.75) is 0 Å². The third-order valence-corrected chi connectivity index (χ3v) is 2.01. The smallest absolute Gasteiger partial charge is 0.0743 e. The lowest BCUT2D eigenvalue weighted by atomic mass is 10.1. The Morgan fingerprint density at radius 2 is 2.23 bits per heavy atom. The van der Waals surface area contributed by atoms with Gasteiger partial charge in [0, 0.05) is 30.0 Å². The number of nitrogens with one attached hydrogen (secondary N) is 1. The third-order valence-electron chi connectivity index (χ3n) is 2.01. The van der Waals surface area contributed by atoms with Crippen LogP contribution in [0.2, 0.25) is 0 Å². The van der Waals surface area contributed by atoms with Crippen molar-refractivity contribution in [3.8, 4) is 0 Å². The summed E-state index contributed by atoms with van der Waals surface area (Å²) < 4.78 is 0. The standard InChI is InChI=1S/C10H11N3/c1-12-9-5-7(11)6-10-8(9)3-2-4-13-10/h2-6,12H,11H2,1H3. The van der Waals surface area contributed by atoms with Crippen LogP contribution in [0.15, 0.2) is 30.5 Å². The molecule has 1 heterocycles. The Morgan fingerprint density at radius 1 is 1.38 bits per heavy atom. The fraction of sp³-hybridized carbons (Fsp3) is 0.100. The Labute approximate surface area is 76.6 Å². The molecule has 0 amide bonds. The minimum atomic E-state index is 0.732. The number of hydrogen-bond acceptors (Lipinski definition) is 3. The van der Waals surface area contributed by atoms with Gasteiger partial charge in [0.2, 0.25) is 0 Å². The van der Waals surface area contributed by atoms with Crippen LogP contribution in [-0.4, -0.2) is 12.0 Å². The van der Waals surface area contributed by atoms with Gasteiger partial charge in [-0.15, -0.1) is 0 Å². The number of aromatic nitrogens is 1. The van der Waals surface area contributed by atoms with Crippen LogP contribution in [0, 0.1) is 0 Å². The quantitative estimate of drug-likeness (QED) is 0.647. The molecule has 0 aliphatic rings. The highest BCUT2D eigenvalue weighted by Gasteiger charge is 2.00. The first-order chi connectivity index (χ1) is 6.31. The molecule has 1 aromatic carbocycles. The van der Waals surface area contributed by atoms with Crippen molar-refractivity contribution in [3.05, 3.63) is 30.5 Å². The van der Waals surface area contributed by atoms with E-state index in [2.05, 4.69) is 10.3 Å². The van der Waals surface area contributed by atoms with Gasteiger partial charge in [-0.3, -0.25) is 4.98 Å². The lowest BCUT2D eigenvalue weighted by Gasteiger charge is -2.05. The van der Waals surface area contributed by atoms with Gasteiger partial charge in [-0.2, -0.15) is 0 Å². The highest BCUT2D eigenvalue weighted by atomic mass is 14.8. The van der Waals surface area contributed by atoms with Crippen LogP contribution in [0.5, 0.6) is 0 Å². The maximum absolute atomic E-state index is 5.72. The van der Waals surface area contributed by atoms with Crippen LogP contribution >= 0.6 is 0 Å². The van der Waals surface area contributed by atoms with Crippen LogP contribution in [0.1, 0.15) is 0 Å². The van der Waals surface area contributed by atoms with Crippen LogP contribution in [-0.2, 0) is 0 Å². The number of anilines is 2. The van der Waals surface area contributed by atoms with E-state index in [9.17, 15) is 0 Å².